The van der Waals surface area contributed by atoms with Crippen molar-refractivity contribution in [3.05, 3.63) is 41.1 Å². The number of aryl methyl sites for hydroxylation is 1. The summed E-state index contributed by atoms with van der Waals surface area (Å²) in [7, 11) is 0. The van der Waals surface area contributed by atoms with Gasteiger partial charge in [0.05, 0.1) is 32.0 Å². The van der Waals surface area contributed by atoms with E-state index in [0.29, 0.717) is 38.5 Å². The third-order valence-corrected chi connectivity index (χ3v) is 7.87. The molecule has 3 N–H and O–H groups in total. The first-order valence-corrected chi connectivity index (χ1v) is 13.7. The van der Waals surface area contributed by atoms with Crippen LogP contribution in [-0.4, -0.2) is 72.5 Å². The molecule has 0 radical (unpaired) electrons. The summed E-state index contributed by atoms with van der Waals surface area (Å²) in [5, 5.41) is 21.1. The maximum Gasteiger partial charge on any atom is 0.272 e. The molecule has 1 heterocycles. The van der Waals surface area contributed by atoms with Crippen LogP contribution in [0.2, 0.25) is 0 Å². The van der Waals surface area contributed by atoms with Gasteiger partial charge in [0, 0.05) is 30.8 Å². The SMILES string of the molecule is Cc1ccccc1OC1CCC(CCC(=O)CNC2=C(C(=N)C(=O)N3CCO[C@@H](CO)C3)CCC2)CC1. The molecule has 1 atom stereocenters. The van der Waals surface area contributed by atoms with Crippen LogP contribution in [0.1, 0.15) is 63.4 Å². The van der Waals surface area contributed by atoms with Crippen molar-refractivity contribution in [3.63, 3.8) is 0 Å². The summed E-state index contributed by atoms with van der Waals surface area (Å²) in [4.78, 5) is 27.1. The second-order valence-corrected chi connectivity index (χ2v) is 10.6. The number of amides is 1. The summed E-state index contributed by atoms with van der Waals surface area (Å²) >= 11 is 0. The molecule has 202 valence electrons. The molecule has 2 aliphatic carbocycles. The molecule has 0 unspecified atom stereocenters. The Hall–Kier alpha value is -2.71. The second kappa shape index (κ2) is 13.2. The number of morpholine rings is 1. The highest BCUT2D eigenvalue weighted by Crippen LogP contribution is 2.31. The zero-order chi connectivity index (χ0) is 26.2. The zero-order valence-electron chi connectivity index (χ0n) is 22.0. The number of aliphatic hydroxyl groups excluding tert-OH is 1. The molecule has 1 saturated heterocycles. The number of ketones is 1. The van der Waals surface area contributed by atoms with Gasteiger partial charge in [-0.1, -0.05) is 18.2 Å². The number of nitrogens with one attached hydrogen (secondary N) is 2. The van der Waals surface area contributed by atoms with Gasteiger partial charge in [0.25, 0.3) is 5.91 Å². The minimum Gasteiger partial charge on any atom is -0.490 e. The van der Waals surface area contributed by atoms with Crippen molar-refractivity contribution in [2.75, 3.05) is 32.8 Å². The minimum absolute atomic E-state index is 0.00397. The fourth-order valence-electron chi connectivity index (χ4n) is 5.58. The predicted octanol–water partition coefficient (Wildman–Crippen LogP) is 3.55. The van der Waals surface area contributed by atoms with Crippen molar-refractivity contribution in [1.29, 1.82) is 5.41 Å². The highest BCUT2D eigenvalue weighted by atomic mass is 16.5. The van der Waals surface area contributed by atoms with Crippen molar-refractivity contribution < 1.29 is 24.2 Å². The van der Waals surface area contributed by atoms with Crippen LogP contribution in [0.4, 0.5) is 0 Å². The molecule has 2 fully saturated rings. The van der Waals surface area contributed by atoms with Crippen molar-refractivity contribution in [1.82, 2.24) is 10.2 Å². The highest BCUT2D eigenvalue weighted by molar-refractivity contribution is 6.44. The van der Waals surface area contributed by atoms with E-state index in [1.165, 1.54) is 5.56 Å². The maximum atomic E-state index is 12.9. The Labute approximate surface area is 219 Å². The summed E-state index contributed by atoms with van der Waals surface area (Å²) < 4.78 is 11.6. The number of ether oxygens (including phenoxy) is 2. The molecule has 4 rings (SSSR count). The smallest absolute Gasteiger partial charge is 0.272 e. The number of carbonyl (C=O) groups excluding carboxylic acids is 2. The van der Waals surface area contributed by atoms with Gasteiger partial charge in [-0.15, -0.1) is 0 Å². The van der Waals surface area contributed by atoms with E-state index in [4.69, 9.17) is 14.9 Å². The van der Waals surface area contributed by atoms with Crippen molar-refractivity contribution in [2.24, 2.45) is 5.92 Å². The number of rotatable bonds is 11. The number of benzene rings is 1. The van der Waals surface area contributed by atoms with E-state index in [0.717, 1.165) is 62.0 Å². The van der Waals surface area contributed by atoms with Gasteiger partial charge >= 0.3 is 0 Å². The molecule has 8 heteroatoms. The number of Topliss-reactive ketones (excluding diaryl/α,β-unsaturated/α-hetero) is 1. The highest BCUT2D eigenvalue weighted by Gasteiger charge is 2.30. The van der Waals surface area contributed by atoms with Crippen LogP contribution in [0.15, 0.2) is 35.5 Å². The van der Waals surface area contributed by atoms with Gasteiger partial charge in [-0.3, -0.25) is 15.0 Å². The average Bonchev–Trinajstić information content (AvgIpc) is 3.40. The Morgan fingerprint density at radius 2 is 1.97 bits per heavy atom. The first-order chi connectivity index (χ1) is 17.9. The Bertz CT molecular complexity index is 999. The standard InChI is InChI=1S/C29H41N3O5/c1-20-5-2-3-8-27(20)37-23-13-10-21(11-14-23)9-12-22(34)17-31-26-7-4-6-25(26)28(30)29(35)32-15-16-36-24(18-32)19-33/h2-3,5,8,21,23-24,30-31,33H,4,6-7,9-19H2,1H3/t21?,23?,24-/m1/s1. The lowest BCUT2D eigenvalue weighted by molar-refractivity contribution is -0.133. The number of aliphatic hydroxyl groups is 1. The molecule has 0 spiro atoms. The summed E-state index contributed by atoms with van der Waals surface area (Å²) in [6, 6.07) is 8.14. The predicted molar refractivity (Wildman–Crippen MR) is 142 cm³/mol. The fraction of sp³-hybridized carbons (Fsp3) is 0.621. The largest absolute Gasteiger partial charge is 0.490 e. The summed E-state index contributed by atoms with van der Waals surface area (Å²) in [5.41, 5.74) is 2.74. The van der Waals surface area contributed by atoms with Crippen LogP contribution in [0, 0.1) is 18.3 Å². The van der Waals surface area contributed by atoms with Crippen LogP contribution in [-0.2, 0) is 14.3 Å². The molecular weight excluding hydrogens is 470 g/mol. The van der Waals surface area contributed by atoms with Crippen molar-refractivity contribution in [3.8, 4) is 5.75 Å². The van der Waals surface area contributed by atoms with E-state index in [2.05, 4.69) is 18.3 Å². The van der Waals surface area contributed by atoms with Gasteiger partial charge in [-0.05, 0) is 75.8 Å². The van der Waals surface area contributed by atoms with Crippen LogP contribution < -0.4 is 10.1 Å². The Morgan fingerprint density at radius 3 is 2.73 bits per heavy atom. The van der Waals surface area contributed by atoms with Gasteiger partial charge in [-0.2, -0.15) is 0 Å². The Balaban J connectivity index is 1.18. The van der Waals surface area contributed by atoms with E-state index in [9.17, 15) is 14.7 Å². The van der Waals surface area contributed by atoms with E-state index in [1.807, 2.05) is 18.2 Å². The van der Waals surface area contributed by atoms with Crippen molar-refractivity contribution >= 4 is 17.4 Å². The minimum atomic E-state index is -0.395. The van der Waals surface area contributed by atoms with Gasteiger partial charge < -0.3 is 24.8 Å². The van der Waals surface area contributed by atoms with Gasteiger partial charge in [0.2, 0.25) is 0 Å². The number of hydrogen-bond acceptors (Lipinski definition) is 7. The van der Waals surface area contributed by atoms with Crippen LogP contribution in [0.3, 0.4) is 0 Å². The number of carbonyl (C=O) groups is 2. The molecule has 1 aromatic rings. The molecule has 8 nitrogen and oxygen atoms in total. The number of allylic oxidation sites excluding steroid dienone is 1. The van der Waals surface area contributed by atoms with Gasteiger partial charge in [-0.25, -0.2) is 0 Å². The van der Waals surface area contributed by atoms with Crippen LogP contribution in [0.5, 0.6) is 5.75 Å². The number of hydrogen-bond donors (Lipinski definition) is 3. The van der Waals surface area contributed by atoms with E-state index in [-0.39, 0.29) is 36.7 Å². The van der Waals surface area contributed by atoms with E-state index < -0.39 is 6.10 Å². The average molecular weight is 512 g/mol. The Morgan fingerprint density at radius 1 is 1.19 bits per heavy atom. The van der Waals surface area contributed by atoms with Crippen molar-refractivity contribution in [2.45, 2.75) is 76.9 Å². The zero-order valence-corrected chi connectivity index (χ0v) is 22.0. The molecule has 1 amide bonds. The lowest BCUT2D eigenvalue weighted by Gasteiger charge is -2.32. The monoisotopic (exact) mass is 511 g/mol. The topological polar surface area (TPSA) is 112 Å². The molecule has 0 aromatic heterocycles. The normalized spacial score (nSPS) is 24.2. The molecule has 37 heavy (non-hydrogen) atoms. The molecule has 1 saturated carbocycles. The molecule has 0 bridgehead atoms. The first-order valence-electron chi connectivity index (χ1n) is 13.7. The molecule has 1 aliphatic heterocycles. The fourth-order valence-corrected chi connectivity index (χ4v) is 5.58. The van der Waals surface area contributed by atoms with E-state index in [1.54, 1.807) is 4.90 Å². The van der Waals surface area contributed by atoms with E-state index >= 15 is 0 Å². The summed E-state index contributed by atoms with van der Waals surface area (Å²) in [6.45, 7) is 3.26. The number of para-hydroxylation sites is 1. The molecule has 1 aromatic carbocycles. The lowest BCUT2D eigenvalue weighted by atomic mass is 9.84. The molecular formula is C29H41N3O5. The third-order valence-electron chi connectivity index (χ3n) is 7.87. The summed E-state index contributed by atoms with van der Waals surface area (Å²) in [6.07, 6.45) is 7.85. The summed E-state index contributed by atoms with van der Waals surface area (Å²) in [5.74, 6) is 1.38. The van der Waals surface area contributed by atoms with Crippen LogP contribution in [0.25, 0.3) is 0 Å². The quantitative estimate of drug-likeness (QED) is 0.392. The van der Waals surface area contributed by atoms with Gasteiger partial charge in [0.15, 0.2) is 5.78 Å². The third kappa shape index (κ3) is 7.42. The molecule has 3 aliphatic rings. The van der Waals surface area contributed by atoms with Gasteiger partial charge in [0.1, 0.15) is 11.5 Å². The Kier molecular flexibility index (Phi) is 9.75. The van der Waals surface area contributed by atoms with Crippen LogP contribution >= 0.6 is 0 Å². The number of nitrogens with zero attached hydrogens (tertiary/aromatic N) is 1. The maximum absolute atomic E-state index is 12.9. The first kappa shape index (κ1) is 27.3. The lowest BCUT2D eigenvalue weighted by Crippen LogP contribution is -2.49. The second-order valence-electron chi connectivity index (χ2n) is 10.6.